The molecule has 0 aliphatic heterocycles. The van der Waals surface area contributed by atoms with Crippen LogP contribution in [0, 0.1) is 13.8 Å². The zero-order valence-corrected chi connectivity index (χ0v) is 17.4. The fourth-order valence-electron chi connectivity index (χ4n) is 3.89. The molecule has 30 heavy (non-hydrogen) atoms. The van der Waals surface area contributed by atoms with Crippen LogP contribution in [-0.4, -0.2) is 32.3 Å². The number of aryl methyl sites for hydroxylation is 3. The van der Waals surface area contributed by atoms with Crippen LogP contribution in [0.1, 0.15) is 35.5 Å². The van der Waals surface area contributed by atoms with E-state index >= 15 is 0 Å². The number of amides is 1. The van der Waals surface area contributed by atoms with Gasteiger partial charge in [0.2, 0.25) is 11.9 Å². The Bertz CT molecular complexity index is 1160. The molecule has 0 radical (unpaired) electrons. The molecule has 2 aromatic heterocycles. The lowest BCUT2D eigenvalue weighted by Gasteiger charge is -2.20. The number of hydrogen-bond donors (Lipinski definition) is 1. The van der Waals surface area contributed by atoms with E-state index < -0.39 is 0 Å². The summed E-state index contributed by atoms with van der Waals surface area (Å²) in [6.07, 6.45) is 3.42. The number of anilines is 1. The second kappa shape index (κ2) is 8.14. The van der Waals surface area contributed by atoms with Crippen LogP contribution in [0.2, 0.25) is 0 Å². The van der Waals surface area contributed by atoms with Gasteiger partial charge in [-0.2, -0.15) is 5.10 Å². The maximum absolute atomic E-state index is 13.3. The number of ether oxygens (including phenoxy) is 1. The number of rotatable bonds is 5. The van der Waals surface area contributed by atoms with Crippen molar-refractivity contribution in [2.24, 2.45) is 0 Å². The van der Waals surface area contributed by atoms with Crippen LogP contribution in [-0.2, 0) is 24.2 Å². The van der Waals surface area contributed by atoms with Crippen molar-refractivity contribution in [3.05, 3.63) is 63.3 Å². The number of aromatic nitrogens is 4. The minimum absolute atomic E-state index is 0.162. The average Bonchev–Trinajstić information content (AvgIpc) is 3.08. The lowest BCUT2D eigenvalue weighted by molar-refractivity contribution is -0.116. The van der Waals surface area contributed by atoms with Crippen molar-refractivity contribution in [2.45, 2.75) is 46.1 Å². The highest BCUT2D eigenvalue weighted by molar-refractivity contribution is 5.92. The zero-order valence-electron chi connectivity index (χ0n) is 17.4. The number of fused-ring (bicyclic) bond motifs is 1. The molecule has 0 saturated heterocycles. The largest absolute Gasteiger partial charge is 0.495 e. The molecule has 1 amide bonds. The SMILES string of the molecule is COc1ccccc1NC(=O)Cn1c(-n2nc(C)cc2C)nc2c(c1=O)CCCC2. The Morgan fingerprint density at radius 2 is 1.97 bits per heavy atom. The van der Waals surface area contributed by atoms with Crippen LogP contribution in [0.25, 0.3) is 5.95 Å². The third kappa shape index (κ3) is 3.72. The number of carbonyl (C=O) groups is 1. The molecule has 1 aromatic carbocycles. The summed E-state index contributed by atoms with van der Waals surface area (Å²) in [5.41, 5.74) is 3.58. The molecule has 0 fully saturated rings. The van der Waals surface area contributed by atoms with E-state index in [0.717, 1.165) is 36.3 Å². The maximum Gasteiger partial charge on any atom is 0.258 e. The lowest BCUT2D eigenvalue weighted by atomic mass is 9.97. The van der Waals surface area contributed by atoms with Crippen molar-refractivity contribution in [3.8, 4) is 11.7 Å². The van der Waals surface area contributed by atoms with Gasteiger partial charge in [-0.1, -0.05) is 12.1 Å². The number of carbonyl (C=O) groups excluding carboxylic acids is 1. The Morgan fingerprint density at radius 1 is 1.20 bits per heavy atom. The summed E-state index contributed by atoms with van der Waals surface area (Å²) in [4.78, 5) is 30.9. The highest BCUT2D eigenvalue weighted by atomic mass is 16.5. The van der Waals surface area contributed by atoms with E-state index in [9.17, 15) is 9.59 Å². The molecule has 2 heterocycles. The Morgan fingerprint density at radius 3 is 2.70 bits per heavy atom. The van der Waals surface area contributed by atoms with Gasteiger partial charge in [0.05, 0.1) is 24.2 Å². The van der Waals surface area contributed by atoms with E-state index in [1.165, 1.54) is 4.57 Å². The second-order valence-electron chi connectivity index (χ2n) is 7.52. The smallest absolute Gasteiger partial charge is 0.258 e. The predicted molar refractivity (Wildman–Crippen MR) is 113 cm³/mol. The van der Waals surface area contributed by atoms with Gasteiger partial charge in [-0.15, -0.1) is 0 Å². The highest BCUT2D eigenvalue weighted by Gasteiger charge is 2.23. The van der Waals surface area contributed by atoms with Crippen molar-refractivity contribution in [3.63, 3.8) is 0 Å². The molecule has 156 valence electrons. The van der Waals surface area contributed by atoms with Gasteiger partial charge in [-0.3, -0.25) is 14.2 Å². The third-order valence-corrected chi connectivity index (χ3v) is 5.30. The summed E-state index contributed by atoms with van der Waals surface area (Å²) in [6, 6.07) is 9.08. The molecule has 0 atom stereocenters. The van der Waals surface area contributed by atoms with Gasteiger partial charge in [-0.25, -0.2) is 9.67 Å². The van der Waals surface area contributed by atoms with E-state index in [0.29, 0.717) is 29.4 Å². The van der Waals surface area contributed by atoms with Crippen molar-refractivity contribution in [1.82, 2.24) is 19.3 Å². The standard InChI is InChI=1S/C22H25N5O3/c1-14-12-15(2)27(25-14)22-24-17-9-5-4-8-16(17)21(29)26(22)13-20(28)23-18-10-6-7-11-19(18)30-3/h6-7,10-12H,4-5,8-9,13H2,1-3H3,(H,23,28). The molecular weight excluding hydrogens is 382 g/mol. The minimum Gasteiger partial charge on any atom is -0.495 e. The fourth-order valence-corrected chi connectivity index (χ4v) is 3.89. The van der Waals surface area contributed by atoms with Crippen molar-refractivity contribution in [2.75, 3.05) is 12.4 Å². The monoisotopic (exact) mass is 407 g/mol. The summed E-state index contributed by atoms with van der Waals surface area (Å²) < 4.78 is 8.36. The summed E-state index contributed by atoms with van der Waals surface area (Å²) >= 11 is 0. The van der Waals surface area contributed by atoms with E-state index in [4.69, 9.17) is 9.72 Å². The molecule has 0 saturated carbocycles. The topological polar surface area (TPSA) is 91.0 Å². The first-order chi connectivity index (χ1) is 14.5. The van der Waals surface area contributed by atoms with Gasteiger partial charge in [0, 0.05) is 11.3 Å². The number of para-hydroxylation sites is 2. The lowest BCUT2D eigenvalue weighted by Crippen LogP contribution is -2.36. The first kappa shape index (κ1) is 19.9. The van der Waals surface area contributed by atoms with Crippen molar-refractivity contribution in [1.29, 1.82) is 0 Å². The number of benzene rings is 1. The van der Waals surface area contributed by atoms with Crippen LogP contribution in [0.5, 0.6) is 5.75 Å². The molecule has 3 aromatic rings. The predicted octanol–water partition coefficient (Wildman–Crippen LogP) is 2.57. The van der Waals surface area contributed by atoms with Gasteiger partial charge in [0.25, 0.3) is 5.56 Å². The molecule has 8 nitrogen and oxygen atoms in total. The number of hydrogen-bond acceptors (Lipinski definition) is 5. The van der Waals surface area contributed by atoms with E-state index in [1.54, 1.807) is 23.9 Å². The first-order valence-corrected chi connectivity index (χ1v) is 10.1. The number of nitrogens with zero attached hydrogens (tertiary/aromatic N) is 4. The summed E-state index contributed by atoms with van der Waals surface area (Å²) in [6.45, 7) is 3.63. The third-order valence-electron chi connectivity index (χ3n) is 5.30. The van der Waals surface area contributed by atoms with Gasteiger partial charge in [-0.05, 0) is 57.7 Å². The quantitative estimate of drug-likeness (QED) is 0.702. The van der Waals surface area contributed by atoms with E-state index in [-0.39, 0.29) is 18.0 Å². The van der Waals surface area contributed by atoms with Crippen LogP contribution in [0.15, 0.2) is 35.1 Å². The van der Waals surface area contributed by atoms with Crippen LogP contribution < -0.4 is 15.6 Å². The van der Waals surface area contributed by atoms with E-state index in [1.807, 2.05) is 32.0 Å². The van der Waals surface area contributed by atoms with Gasteiger partial charge < -0.3 is 10.1 Å². The Labute approximate surface area is 174 Å². The molecule has 8 heteroatoms. The number of methoxy groups -OCH3 is 1. The Balaban J connectivity index is 1.75. The molecule has 0 bridgehead atoms. The Hall–Kier alpha value is -3.42. The second-order valence-corrected chi connectivity index (χ2v) is 7.52. The normalized spacial score (nSPS) is 13.0. The van der Waals surface area contributed by atoms with Crippen molar-refractivity contribution < 1.29 is 9.53 Å². The van der Waals surface area contributed by atoms with Gasteiger partial charge in [0.15, 0.2) is 0 Å². The zero-order chi connectivity index (χ0) is 21.3. The van der Waals surface area contributed by atoms with Gasteiger partial charge in [0.1, 0.15) is 12.3 Å². The highest BCUT2D eigenvalue weighted by Crippen LogP contribution is 2.23. The van der Waals surface area contributed by atoms with Crippen LogP contribution >= 0.6 is 0 Å². The fraction of sp³-hybridized carbons (Fsp3) is 0.364. The average molecular weight is 407 g/mol. The molecule has 0 unspecified atom stereocenters. The molecular formula is C22H25N5O3. The van der Waals surface area contributed by atoms with Crippen molar-refractivity contribution >= 4 is 11.6 Å². The maximum atomic E-state index is 13.3. The number of nitrogens with one attached hydrogen (secondary N) is 1. The van der Waals surface area contributed by atoms with Crippen LogP contribution in [0.3, 0.4) is 0 Å². The molecule has 1 aliphatic rings. The van der Waals surface area contributed by atoms with Crippen LogP contribution in [0.4, 0.5) is 5.69 Å². The molecule has 1 aliphatic carbocycles. The first-order valence-electron chi connectivity index (χ1n) is 10.1. The summed E-state index contributed by atoms with van der Waals surface area (Å²) in [7, 11) is 1.55. The van der Waals surface area contributed by atoms with Gasteiger partial charge >= 0.3 is 0 Å². The molecule has 0 spiro atoms. The minimum atomic E-state index is -0.332. The van der Waals surface area contributed by atoms with E-state index in [2.05, 4.69) is 10.4 Å². The molecule has 4 rings (SSSR count). The Kier molecular flexibility index (Phi) is 5.39. The summed E-state index contributed by atoms with van der Waals surface area (Å²) in [5, 5.41) is 7.33. The summed E-state index contributed by atoms with van der Waals surface area (Å²) in [5.74, 6) is 0.601. The molecule has 1 N–H and O–H groups in total.